The molecule has 1 aromatic heterocycles. The molecule has 0 radical (unpaired) electrons. The molecular formula is C13H17NO4. The number of carbonyl (C=O) groups is 2. The summed E-state index contributed by atoms with van der Waals surface area (Å²) < 4.78 is 5.27. The van der Waals surface area contributed by atoms with Crippen LogP contribution in [0.4, 0.5) is 0 Å². The molecule has 18 heavy (non-hydrogen) atoms. The van der Waals surface area contributed by atoms with Gasteiger partial charge in [-0.25, -0.2) is 4.79 Å². The number of carboxylic acids is 1. The van der Waals surface area contributed by atoms with Gasteiger partial charge in [-0.1, -0.05) is 6.92 Å². The minimum atomic E-state index is -1.00. The standard InChI is InChI=1S/C13H17NO4/c1-4-11(13(16)17)14(3)12(15)8-7-10-6-5-9(2)18-10/h5-8,11H,4H2,1-3H3,(H,16,17). The van der Waals surface area contributed by atoms with Gasteiger partial charge in [-0.3, -0.25) is 4.79 Å². The van der Waals surface area contributed by atoms with Gasteiger partial charge in [0.1, 0.15) is 17.6 Å². The molecule has 1 heterocycles. The van der Waals surface area contributed by atoms with Crippen molar-refractivity contribution in [2.45, 2.75) is 26.3 Å². The van der Waals surface area contributed by atoms with Crippen molar-refractivity contribution < 1.29 is 19.1 Å². The van der Waals surface area contributed by atoms with Gasteiger partial charge in [0.25, 0.3) is 0 Å². The quantitative estimate of drug-likeness (QED) is 0.812. The van der Waals surface area contributed by atoms with Crippen LogP contribution in [0.1, 0.15) is 24.9 Å². The minimum absolute atomic E-state index is 0.363. The molecule has 0 fully saturated rings. The van der Waals surface area contributed by atoms with E-state index < -0.39 is 12.0 Å². The number of amides is 1. The first-order valence-electron chi connectivity index (χ1n) is 5.69. The maximum absolute atomic E-state index is 11.8. The topological polar surface area (TPSA) is 70.8 Å². The summed E-state index contributed by atoms with van der Waals surface area (Å²) in [6.45, 7) is 3.53. The SMILES string of the molecule is CCC(C(=O)O)N(C)C(=O)C=Cc1ccc(C)o1. The predicted octanol–water partition coefficient (Wildman–Crippen LogP) is 1.92. The number of nitrogens with zero attached hydrogens (tertiary/aromatic N) is 1. The summed E-state index contributed by atoms with van der Waals surface area (Å²) in [6.07, 6.45) is 3.20. The molecule has 1 atom stereocenters. The molecule has 1 N–H and O–H groups in total. The second-order valence-corrected chi connectivity index (χ2v) is 3.99. The molecule has 98 valence electrons. The molecule has 1 rings (SSSR count). The summed E-state index contributed by atoms with van der Waals surface area (Å²) in [4.78, 5) is 23.9. The highest BCUT2D eigenvalue weighted by Gasteiger charge is 2.23. The second-order valence-electron chi connectivity index (χ2n) is 3.99. The zero-order valence-electron chi connectivity index (χ0n) is 10.7. The maximum atomic E-state index is 11.8. The third kappa shape index (κ3) is 3.48. The number of hydrogen-bond donors (Lipinski definition) is 1. The van der Waals surface area contributed by atoms with E-state index in [0.717, 1.165) is 5.76 Å². The third-order valence-electron chi connectivity index (χ3n) is 2.64. The maximum Gasteiger partial charge on any atom is 0.326 e. The Morgan fingerprint density at radius 3 is 2.61 bits per heavy atom. The summed E-state index contributed by atoms with van der Waals surface area (Å²) in [5.74, 6) is -0.0426. The average Bonchev–Trinajstić information content (AvgIpc) is 2.72. The Morgan fingerprint density at radius 1 is 1.50 bits per heavy atom. The Labute approximate surface area is 106 Å². The van der Waals surface area contributed by atoms with E-state index in [1.165, 1.54) is 24.1 Å². The molecule has 0 bridgehead atoms. The van der Waals surface area contributed by atoms with Gasteiger partial charge in [0.15, 0.2) is 0 Å². The van der Waals surface area contributed by atoms with E-state index in [4.69, 9.17) is 9.52 Å². The van der Waals surface area contributed by atoms with Gasteiger partial charge in [-0.05, 0) is 31.6 Å². The molecular weight excluding hydrogens is 234 g/mol. The largest absolute Gasteiger partial charge is 0.480 e. The molecule has 5 heteroatoms. The van der Waals surface area contributed by atoms with Crippen LogP contribution in [0.15, 0.2) is 22.6 Å². The number of rotatable bonds is 5. The number of aryl methyl sites for hydroxylation is 1. The van der Waals surface area contributed by atoms with Crippen molar-refractivity contribution in [2.75, 3.05) is 7.05 Å². The zero-order chi connectivity index (χ0) is 13.7. The molecule has 0 saturated heterocycles. The van der Waals surface area contributed by atoms with Crippen molar-refractivity contribution in [1.82, 2.24) is 4.90 Å². The normalized spacial score (nSPS) is 12.6. The van der Waals surface area contributed by atoms with Crippen LogP contribution in [0.25, 0.3) is 6.08 Å². The van der Waals surface area contributed by atoms with Gasteiger partial charge in [0, 0.05) is 13.1 Å². The van der Waals surface area contributed by atoms with Gasteiger partial charge in [0.05, 0.1) is 0 Å². The lowest BCUT2D eigenvalue weighted by Crippen LogP contribution is -2.41. The highest BCUT2D eigenvalue weighted by Crippen LogP contribution is 2.09. The van der Waals surface area contributed by atoms with Crippen LogP contribution >= 0.6 is 0 Å². The monoisotopic (exact) mass is 251 g/mol. The molecule has 5 nitrogen and oxygen atoms in total. The summed E-state index contributed by atoms with van der Waals surface area (Å²) >= 11 is 0. The fraction of sp³-hybridized carbons (Fsp3) is 0.385. The first-order chi connectivity index (χ1) is 8.45. The van der Waals surface area contributed by atoms with E-state index in [0.29, 0.717) is 12.2 Å². The van der Waals surface area contributed by atoms with E-state index >= 15 is 0 Å². The Hall–Kier alpha value is -2.04. The van der Waals surface area contributed by atoms with Gasteiger partial charge in [-0.15, -0.1) is 0 Å². The smallest absolute Gasteiger partial charge is 0.326 e. The molecule has 0 aliphatic heterocycles. The van der Waals surface area contributed by atoms with Crippen LogP contribution in [0.2, 0.25) is 0 Å². The van der Waals surface area contributed by atoms with Gasteiger partial charge < -0.3 is 14.4 Å². The second kappa shape index (κ2) is 6.05. The van der Waals surface area contributed by atoms with Crippen molar-refractivity contribution in [3.63, 3.8) is 0 Å². The average molecular weight is 251 g/mol. The Balaban J connectivity index is 2.70. The third-order valence-corrected chi connectivity index (χ3v) is 2.64. The molecule has 0 saturated carbocycles. The van der Waals surface area contributed by atoms with E-state index in [-0.39, 0.29) is 5.91 Å². The summed E-state index contributed by atoms with van der Waals surface area (Å²) in [5, 5.41) is 8.94. The predicted molar refractivity (Wildman–Crippen MR) is 67.0 cm³/mol. The highest BCUT2D eigenvalue weighted by molar-refractivity contribution is 5.93. The van der Waals surface area contributed by atoms with Crippen LogP contribution in [0.5, 0.6) is 0 Å². The molecule has 0 aliphatic carbocycles. The number of furan rings is 1. The van der Waals surface area contributed by atoms with Crippen molar-refractivity contribution in [3.8, 4) is 0 Å². The van der Waals surface area contributed by atoms with Crippen molar-refractivity contribution in [1.29, 1.82) is 0 Å². The number of carboxylic acid groups (broad SMARTS) is 1. The summed E-state index contributed by atoms with van der Waals surface area (Å²) in [5.41, 5.74) is 0. The van der Waals surface area contributed by atoms with Crippen molar-refractivity contribution >= 4 is 18.0 Å². The number of hydrogen-bond acceptors (Lipinski definition) is 3. The van der Waals surface area contributed by atoms with E-state index in [1.807, 2.05) is 6.92 Å². The lowest BCUT2D eigenvalue weighted by molar-refractivity contribution is -0.147. The van der Waals surface area contributed by atoms with Gasteiger partial charge >= 0.3 is 5.97 Å². The Morgan fingerprint density at radius 2 is 2.17 bits per heavy atom. The van der Waals surface area contributed by atoms with Crippen molar-refractivity contribution in [3.05, 3.63) is 29.7 Å². The first kappa shape index (κ1) is 14.0. The lowest BCUT2D eigenvalue weighted by Gasteiger charge is -2.22. The zero-order valence-corrected chi connectivity index (χ0v) is 10.7. The number of aliphatic carboxylic acids is 1. The molecule has 1 unspecified atom stereocenters. The van der Waals surface area contributed by atoms with Crippen LogP contribution in [-0.2, 0) is 9.59 Å². The number of likely N-dealkylation sites (N-methyl/N-ethyl adjacent to an activating group) is 1. The van der Waals surface area contributed by atoms with Crippen LogP contribution in [0, 0.1) is 6.92 Å². The van der Waals surface area contributed by atoms with Gasteiger partial charge in [-0.2, -0.15) is 0 Å². The molecule has 0 aromatic carbocycles. The van der Waals surface area contributed by atoms with Crippen LogP contribution < -0.4 is 0 Å². The Kier molecular flexibility index (Phi) is 4.71. The van der Waals surface area contributed by atoms with E-state index in [9.17, 15) is 9.59 Å². The Bertz CT molecular complexity index is 461. The fourth-order valence-corrected chi connectivity index (χ4v) is 1.58. The molecule has 1 aromatic rings. The first-order valence-corrected chi connectivity index (χ1v) is 5.69. The molecule has 0 aliphatic rings. The van der Waals surface area contributed by atoms with Crippen LogP contribution in [0.3, 0.4) is 0 Å². The highest BCUT2D eigenvalue weighted by atomic mass is 16.4. The van der Waals surface area contributed by atoms with Crippen molar-refractivity contribution in [2.24, 2.45) is 0 Å². The summed E-state index contributed by atoms with van der Waals surface area (Å²) in [7, 11) is 1.47. The van der Waals surface area contributed by atoms with Gasteiger partial charge in [0.2, 0.25) is 5.91 Å². The molecule has 1 amide bonds. The molecule has 0 spiro atoms. The van der Waals surface area contributed by atoms with Crippen LogP contribution in [-0.4, -0.2) is 35.0 Å². The van der Waals surface area contributed by atoms with E-state index in [1.54, 1.807) is 19.1 Å². The minimum Gasteiger partial charge on any atom is -0.480 e. The van der Waals surface area contributed by atoms with E-state index in [2.05, 4.69) is 0 Å². The summed E-state index contributed by atoms with van der Waals surface area (Å²) in [6, 6.07) is 2.73. The lowest BCUT2D eigenvalue weighted by atomic mass is 10.2. The fourth-order valence-electron chi connectivity index (χ4n) is 1.58. The number of carbonyl (C=O) groups excluding carboxylic acids is 1.